The van der Waals surface area contributed by atoms with Gasteiger partial charge in [0.05, 0.1) is 57.0 Å². The minimum absolute atomic E-state index is 0.0783. The highest BCUT2D eigenvalue weighted by molar-refractivity contribution is 6.07. The molecule has 3 saturated heterocycles. The molecule has 2 aromatic carbocycles. The van der Waals surface area contributed by atoms with Crippen molar-refractivity contribution in [3.63, 3.8) is 0 Å². The number of oxazole rings is 1. The van der Waals surface area contributed by atoms with Crippen LogP contribution in [0.2, 0.25) is 0 Å². The zero-order valence-electron chi connectivity index (χ0n) is 38.8. The number of alkyl halides is 1. The number of likely N-dealkylation sites (tertiary alicyclic amines) is 1. The zero-order valence-corrected chi connectivity index (χ0v) is 38.8. The standard InChI is InChI=1S/C47H59FN10O12/c48-32-24-38(45(67)47-51-37-4-1-2-5-39(37)70-47)58(27-32)40(59)26-50-46(68)34-8-9-49-36-7-6-33(25-35(34)36)69-23-3-10-52-19-21-57(22-20-52)41(60)28-53-11-13-54(29-42(61)62)15-17-56(31-44(65)66)18-16-55(14-12-53)30-43(63)64/h1-2,4-9,25,32,38H,3,10-24,26-31H2,(H,50,68)(H,61,62)(H,63,64)(H,65,66)/t32-,38-/m0/s1. The van der Waals surface area contributed by atoms with Gasteiger partial charge in [-0.25, -0.2) is 9.37 Å². The van der Waals surface area contributed by atoms with Crippen molar-refractivity contribution >= 4 is 63.4 Å². The van der Waals surface area contributed by atoms with Crippen LogP contribution >= 0.6 is 0 Å². The third-order valence-corrected chi connectivity index (χ3v) is 12.7. The van der Waals surface area contributed by atoms with Crippen LogP contribution in [-0.2, 0) is 24.0 Å². The molecule has 4 aromatic rings. The predicted molar refractivity (Wildman–Crippen MR) is 249 cm³/mol. The molecule has 23 heteroatoms. The number of hydrogen-bond acceptors (Lipinski definition) is 16. The number of carboxylic acid groups (broad SMARTS) is 3. The second-order valence-corrected chi connectivity index (χ2v) is 17.7. The van der Waals surface area contributed by atoms with Gasteiger partial charge < -0.3 is 39.6 Å². The van der Waals surface area contributed by atoms with Gasteiger partial charge in [0.25, 0.3) is 11.8 Å². The number of ketones is 1. The molecule has 0 unspecified atom stereocenters. The van der Waals surface area contributed by atoms with Crippen molar-refractivity contribution in [1.82, 2.24) is 49.6 Å². The molecule has 22 nitrogen and oxygen atoms in total. The van der Waals surface area contributed by atoms with E-state index in [9.17, 15) is 53.3 Å². The van der Waals surface area contributed by atoms with Gasteiger partial charge in [-0.2, -0.15) is 0 Å². The van der Waals surface area contributed by atoms with Gasteiger partial charge in [0.2, 0.25) is 17.6 Å². The number of hydrogen-bond donors (Lipinski definition) is 4. The maximum absolute atomic E-state index is 14.6. The number of ether oxygens (including phenoxy) is 1. The smallest absolute Gasteiger partial charge is 0.317 e. The van der Waals surface area contributed by atoms with E-state index in [4.69, 9.17) is 9.15 Å². The maximum Gasteiger partial charge on any atom is 0.317 e. The first-order valence-electron chi connectivity index (χ1n) is 23.4. The Balaban J connectivity index is 0.863. The summed E-state index contributed by atoms with van der Waals surface area (Å²) in [6, 6.07) is 12.4. The highest BCUT2D eigenvalue weighted by atomic mass is 19.1. The van der Waals surface area contributed by atoms with Crippen molar-refractivity contribution in [1.29, 1.82) is 0 Å². The first kappa shape index (κ1) is 51.2. The van der Waals surface area contributed by atoms with Crippen molar-refractivity contribution in [2.24, 2.45) is 0 Å². The quantitative estimate of drug-likeness (QED) is 0.0773. The lowest BCUT2D eigenvalue weighted by Gasteiger charge is -2.37. The number of halogens is 1. The van der Waals surface area contributed by atoms with E-state index in [0.717, 1.165) is 4.90 Å². The predicted octanol–water partition coefficient (Wildman–Crippen LogP) is 0.316. The topological polar surface area (TPSA) is 263 Å². The van der Waals surface area contributed by atoms with Crippen LogP contribution in [0, 0.1) is 0 Å². The minimum Gasteiger partial charge on any atom is -0.494 e. The number of carboxylic acids is 3. The largest absolute Gasteiger partial charge is 0.494 e. The monoisotopic (exact) mass is 974 g/mol. The molecule has 3 amide bonds. The Kier molecular flexibility index (Phi) is 17.7. The first-order chi connectivity index (χ1) is 33.7. The van der Waals surface area contributed by atoms with Crippen molar-refractivity contribution in [3.8, 4) is 5.75 Å². The summed E-state index contributed by atoms with van der Waals surface area (Å²) in [5.41, 5.74) is 1.63. The van der Waals surface area contributed by atoms with Crippen molar-refractivity contribution < 1.29 is 62.4 Å². The van der Waals surface area contributed by atoms with Crippen LogP contribution in [0.4, 0.5) is 4.39 Å². The number of amides is 3. The van der Waals surface area contributed by atoms with Crippen LogP contribution < -0.4 is 10.1 Å². The Hall–Kier alpha value is -6.66. The molecule has 0 bridgehead atoms. The van der Waals surface area contributed by atoms with Gasteiger partial charge in [-0.05, 0) is 42.8 Å². The van der Waals surface area contributed by atoms with Crippen LogP contribution in [-0.4, -0.2) is 244 Å². The molecule has 2 aromatic heterocycles. The average molecular weight is 975 g/mol. The lowest BCUT2D eigenvalue weighted by Crippen LogP contribution is -2.53. The fourth-order valence-corrected chi connectivity index (χ4v) is 8.97. The summed E-state index contributed by atoms with van der Waals surface area (Å²) in [5, 5.41) is 31.6. The van der Waals surface area contributed by atoms with E-state index >= 15 is 0 Å². The Morgan fingerprint density at radius 1 is 0.700 bits per heavy atom. The van der Waals surface area contributed by atoms with E-state index in [1.165, 1.54) is 12.3 Å². The van der Waals surface area contributed by atoms with E-state index in [-0.39, 0.29) is 69.6 Å². The highest BCUT2D eigenvalue weighted by Crippen LogP contribution is 2.26. The summed E-state index contributed by atoms with van der Waals surface area (Å²) in [4.78, 5) is 109. The normalized spacial score (nSPS) is 19.7. The molecular formula is C47H59FN10O12. The van der Waals surface area contributed by atoms with E-state index in [0.29, 0.717) is 113 Å². The Morgan fingerprint density at radius 3 is 1.89 bits per heavy atom. The summed E-state index contributed by atoms with van der Waals surface area (Å²) < 4.78 is 26.3. The van der Waals surface area contributed by atoms with Crippen molar-refractivity contribution in [2.45, 2.75) is 25.1 Å². The molecule has 7 rings (SSSR count). The van der Waals surface area contributed by atoms with E-state index in [1.54, 1.807) is 62.1 Å². The second-order valence-electron chi connectivity index (χ2n) is 17.7. The number of rotatable bonds is 18. The van der Waals surface area contributed by atoms with Crippen LogP contribution in [0.1, 0.15) is 33.9 Å². The molecule has 2 atom stereocenters. The summed E-state index contributed by atoms with van der Waals surface area (Å²) in [6.07, 6.45) is 0.498. The van der Waals surface area contributed by atoms with Crippen LogP contribution in [0.15, 0.2) is 59.1 Å². The molecule has 3 aliphatic heterocycles. The number of nitrogens with one attached hydrogen (secondary N) is 1. The fourth-order valence-electron chi connectivity index (χ4n) is 8.97. The number of para-hydroxylation sites is 2. The van der Waals surface area contributed by atoms with Gasteiger partial charge in [-0.3, -0.25) is 63.0 Å². The summed E-state index contributed by atoms with van der Waals surface area (Å²) in [7, 11) is 0. The number of fused-ring (bicyclic) bond motifs is 2. The molecule has 0 saturated carbocycles. The average Bonchev–Trinajstić information content (AvgIpc) is 3.96. The second kappa shape index (κ2) is 24.3. The summed E-state index contributed by atoms with van der Waals surface area (Å²) in [6.45, 7) is 4.43. The number of aliphatic carboxylic acids is 3. The molecule has 0 radical (unpaired) electrons. The Labute approximate surface area is 402 Å². The molecule has 3 fully saturated rings. The minimum atomic E-state index is -1.44. The molecule has 70 heavy (non-hydrogen) atoms. The number of aromatic nitrogens is 2. The Morgan fingerprint density at radius 2 is 1.29 bits per heavy atom. The number of benzene rings is 2. The number of piperazine rings is 1. The fraction of sp³-hybridized carbons (Fsp3) is 0.511. The van der Waals surface area contributed by atoms with E-state index in [2.05, 4.69) is 20.2 Å². The van der Waals surface area contributed by atoms with Crippen LogP contribution in [0.5, 0.6) is 5.75 Å². The summed E-state index contributed by atoms with van der Waals surface area (Å²) in [5.74, 6) is -4.67. The van der Waals surface area contributed by atoms with Gasteiger partial charge in [-0.1, -0.05) is 12.1 Å². The molecule has 4 N–H and O–H groups in total. The van der Waals surface area contributed by atoms with E-state index < -0.39 is 54.3 Å². The number of carbonyl (C=O) groups excluding carboxylic acids is 4. The number of carbonyl (C=O) groups is 7. The molecule has 376 valence electrons. The van der Waals surface area contributed by atoms with Gasteiger partial charge in [0.15, 0.2) is 5.58 Å². The SMILES string of the molecule is O=C(O)CN1CCN(CC(=O)O)CCN(CC(=O)N2CCN(CCCOc3ccc4nccc(C(=O)NCC(=O)N5C[C@@H](F)C[C@H]5C(=O)c5nc6ccccc6o5)c4c3)CC2)CCN(CC(=O)O)CC1. The lowest BCUT2D eigenvalue weighted by atomic mass is 10.1. The van der Waals surface area contributed by atoms with Gasteiger partial charge >= 0.3 is 17.9 Å². The van der Waals surface area contributed by atoms with Crippen molar-refractivity contribution in [3.05, 3.63) is 66.2 Å². The maximum atomic E-state index is 14.6. The van der Waals surface area contributed by atoms with Gasteiger partial charge in [-0.15, -0.1) is 0 Å². The van der Waals surface area contributed by atoms with Crippen LogP contribution in [0.25, 0.3) is 22.0 Å². The Bertz CT molecular complexity index is 2460. The summed E-state index contributed by atoms with van der Waals surface area (Å²) >= 11 is 0. The van der Waals surface area contributed by atoms with Crippen molar-refractivity contribution in [2.75, 3.05) is 131 Å². The molecule has 0 spiro atoms. The highest BCUT2D eigenvalue weighted by Gasteiger charge is 2.42. The molecule has 3 aliphatic rings. The molecular weight excluding hydrogens is 916 g/mol. The third kappa shape index (κ3) is 14.2. The molecule has 5 heterocycles. The third-order valence-electron chi connectivity index (χ3n) is 12.7. The van der Waals surface area contributed by atoms with Gasteiger partial charge in [0.1, 0.15) is 23.5 Å². The first-order valence-corrected chi connectivity index (χ1v) is 23.4. The lowest BCUT2D eigenvalue weighted by molar-refractivity contribution is -0.141. The molecule has 0 aliphatic carbocycles. The zero-order chi connectivity index (χ0) is 49.7. The number of Topliss-reactive ketones (excluding diaryl/α,β-unsaturated/α-hetero) is 1. The number of pyridine rings is 1. The van der Waals surface area contributed by atoms with Gasteiger partial charge in [0, 0.05) is 103 Å². The number of nitrogens with zero attached hydrogens (tertiary/aromatic N) is 9. The van der Waals surface area contributed by atoms with Crippen LogP contribution in [0.3, 0.4) is 0 Å². The van der Waals surface area contributed by atoms with E-state index in [1.807, 2.05) is 4.90 Å².